The van der Waals surface area contributed by atoms with Gasteiger partial charge in [0.25, 0.3) is 0 Å². The molecule has 0 saturated carbocycles. The van der Waals surface area contributed by atoms with Crippen molar-refractivity contribution in [1.82, 2.24) is 4.31 Å². The number of benzene rings is 2. The van der Waals surface area contributed by atoms with Crippen LogP contribution in [0.2, 0.25) is 0 Å². The molecule has 0 N–H and O–H groups in total. The zero-order valence-corrected chi connectivity index (χ0v) is 18.4. The third-order valence-electron chi connectivity index (χ3n) is 5.22. The van der Waals surface area contributed by atoms with Crippen molar-refractivity contribution in [3.63, 3.8) is 0 Å². The van der Waals surface area contributed by atoms with E-state index in [1.54, 1.807) is 23.5 Å². The molecule has 0 amide bonds. The highest BCUT2D eigenvalue weighted by atomic mass is 32.2. The van der Waals surface area contributed by atoms with E-state index in [9.17, 15) is 8.42 Å². The van der Waals surface area contributed by atoms with E-state index in [4.69, 9.17) is 9.47 Å². The van der Waals surface area contributed by atoms with Crippen molar-refractivity contribution in [1.29, 1.82) is 0 Å². The lowest BCUT2D eigenvalue weighted by molar-refractivity contribution is 0.327. The molecule has 0 aromatic heterocycles. The Balaban J connectivity index is 1.84. The summed E-state index contributed by atoms with van der Waals surface area (Å²) in [4.78, 5) is 2.43. The van der Waals surface area contributed by atoms with Gasteiger partial charge in [0.1, 0.15) is 16.4 Å². The molecule has 158 valence electrons. The molecule has 0 atom stereocenters. The number of sulfonamides is 1. The molecule has 0 aliphatic carbocycles. The summed E-state index contributed by atoms with van der Waals surface area (Å²) in [6.07, 6.45) is 0. The minimum absolute atomic E-state index is 0.238. The van der Waals surface area contributed by atoms with Gasteiger partial charge >= 0.3 is 0 Å². The summed E-state index contributed by atoms with van der Waals surface area (Å²) in [5.41, 5.74) is 1.98. The van der Waals surface area contributed by atoms with E-state index < -0.39 is 10.0 Å². The molecule has 0 radical (unpaired) electrons. The fourth-order valence-electron chi connectivity index (χ4n) is 3.56. The van der Waals surface area contributed by atoms with E-state index in [0.717, 1.165) is 17.0 Å². The Hall–Kier alpha value is -2.25. The maximum absolute atomic E-state index is 13.4. The molecule has 1 fully saturated rings. The molecule has 0 unspecified atom stereocenters. The van der Waals surface area contributed by atoms with Crippen LogP contribution in [0.1, 0.15) is 32.3 Å². The van der Waals surface area contributed by atoms with Crippen molar-refractivity contribution >= 4 is 15.7 Å². The van der Waals surface area contributed by atoms with Gasteiger partial charge in [0.15, 0.2) is 0 Å². The van der Waals surface area contributed by atoms with Crippen molar-refractivity contribution in [2.24, 2.45) is 0 Å². The highest BCUT2D eigenvalue weighted by Crippen LogP contribution is 2.33. The van der Waals surface area contributed by atoms with Crippen molar-refractivity contribution in [2.75, 3.05) is 44.8 Å². The van der Waals surface area contributed by atoms with Crippen molar-refractivity contribution in [3.8, 4) is 11.5 Å². The summed E-state index contributed by atoms with van der Waals surface area (Å²) < 4.78 is 39.5. The van der Waals surface area contributed by atoms with Gasteiger partial charge in [0.2, 0.25) is 10.0 Å². The van der Waals surface area contributed by atoms with E-state index in [-0.39, 0.29) is 10.8 Å². The van der Waals surface area contributed by atoms with Gasteiger partial charge in [0.05, 0.1) is 19.4 Å². The maximum Gasteiger partial charge on any atom is 0.246 e. The molecule has 1 saturated heterocycles. The van der Waals surface area contributed by atoms with Gasteiger partial charge in [-0.2, -0.15) is 4.31 Å². The molecular weight excluding hydrogens is 388 g/mol. The van der Waals surface area contributed by atoms with Crippen LogP contribution in [0.15, 0.2) is 47.4 Å². The number of ether oxygens (including phenoxy) is 2. The minimum Gasteiger partial charge on any atom is -0.495 e. The van der Waals surface area contributed by atoms with Gasteiger partial charge in [0, 0.05) is 26.2 Å². The lowest BCUT2D eigenvalue weighted by Crippen LogP contribution is -2.48. The summed E-state index contributed by atoms with van der Waals surface area (Å²) in [6, 6.07) is 13.3. The third-order valence-corrected chi connectivity index (χ3v) is 7.14. The topological polar surface area (TPSA) is 59.1 Å². The van der Waals surface area contributed by atoms with E-state index >= 15 is 0 Å². The van der Waals surface area contributed by atoms with Crippen molar-refractivity contribution in [2.45, 2.75) is 31.6 Å². The third kappa shape index (κ3) is 4.51. The molecule has 0 spiro atoms. The lowest BCUT2D eigenvalue weighted by Gasteiger charge is -2.36. The molecular formula is C22H30N2O4S. The first-order valence-electron chi connectivity index (χ1n) is 10.0. The average molecular weight is 419 g/mol. The second kappa shape index (κ2) is 9.05. The van der Waals surface area contributed by atoms with Crippen molar-refractivity contribution < 1.29 is 17.9 Å². The predicted octanol–water partition coefficient (Wildman–Crippen LogP) is 3.73. The van der Waals surface area contributed by atoms with Gasteiger partial charge in [-0.3, -0.25) is 0 Å². The van der Waals surface area contributed by atoms with Crippen molar-refractivity contribution in [3.05, 3.63) is 48.0 Å². The van der Waals surface area contributed by atoms with Gasteiger partial charge < -0.3 is 14.4 Å². The summed E-state index contributed by atoms with van der Waals surface area (Å²) in [6.45, 7) is 8.43. The quantitative estimate of drug-likeness (QED) is 0.686. The van der Waals surface area contributed by atoms with Gasteiger partial charge in [-0.25, -0.2) is 8.42 Å². The van der Waals surface area contributed by atoms with Crippen LogP contribution >= 0.6 is 0 Å². The molecule has 2 aromatic carbocycles. The number of methoxy groups -OCH3 is 1. The second-order valence-corrected chi connectivity index (χ2v) is 9.26. The first-order valence-corrected chi connectivity index (χ1v) is 11.5. The minimum atomic E-state index is -3.64. The molecule has 1 aliphatic rings. The van der Waals surface area contributed by atoms with Crippen LogP contribution in [-0.2, 0) is 10.0 Å². The van der Waals surface area contributed by atoms with Crippen LogP contribution in [0.3, 0.4) is 0 Å². The van der Waals surface area contributed by atoms with E-state index in [1.165, 1.54) is 0 Å². The van der Waals surface area contributed by atoms with Crippen LogP contribution < -0.4 is 14.4 Å². The first kappa shape index (κ1) is 21.5. The molecule has 3 rings (SSSR count). The number of anilines is 1. The largest absolute Gasteiger partial charge is 0.495 e. The number of hydrogen-bond donors (Lipinski definition) is 0. The van der Waals surface area contributed by atoms with Crippen LogP contribution in [0.5, 0.6) is 11.5 Å². The van der Waals surface area contributed by atoms with Gasteiger partial charge in [-0.05, 0) is 42.7 Å². The zero-order chi connectivity index (χ0) is 21.0. The zero-order valence-electron chi connectivity index (χ0n) is 17.6. The van der Waals surface area contributed by atoms with Crippen LogP contribution in [0.4, 0.5) is 5.69 Å². The number of rotatable bonds is 7. The van der Waals surface area contributed by atoms with E-state index in [2.05, 4.69) is 18.7 Å². The van der Waals surface area contributed by atoms with E-state index in [1.807, 2.05) is 37.3 Å². The van der Waals surface area contributed by atoms with Gasteiger partial charge in [-0.15, -0.1) is 0 Å². The SMILES string of the molecule is CCOc1ccc(C(C)C)cc1S(=O)(=O)N1CCN(c2ccccc2OC)CC1. The normalized spacial score (nSPS) is 15.6. The van der Waals surface area contributed by atoms with Crippen LogP contribution in [-0.4, -0.2) is 52.6 Å². The highest BCUT2D eigenvalue weighted by Gasteiger charge is 2.32. The monoisotopic (exact) mass is 418 g/mol. The van der Waals surface area contributed by atoms with E-state index in [0.29, 0.717) is 38.5 Å². The second-order valence-electron chi connectivity index (χ2n) is 7.36. The average Bonchev–Trinajstić information content (AvgIpc) is 2.74. The number of piperazine rings is 1. The first-order chi connectivity index (χ1) is 13.9. The number of para-hydroxylation sites is 2. The Morgan fingerprint density at radius 3 is 2.31 bits per heavy atom. The lowest BCUT2D eigenvalue weighted by atomic mass is 10.0. The van der Waals surface area contributed by atoms with Gasteiger partial charge in [-0.1, -0.05) is 32.0 Å². The molecule has 7 heteroatoms. The molecule has 2 aromatic rings. The molecule has 0 bridgehead atoms. The maximum atomic E-state index is 13.4. The Morgan fingerprint density at radius 1 is 1.00 bits per heavy atom. The molecule has 1 aliphatic heterocycles. The van der Waals surface area contributed by atoms with Crippen LogP contribution in [0, 0.1) is 0 Å². The molecule has 1 heterocycles. The number of hydrogen-bond acceptors (Lipinski definition) is 5. The fourth-order valence-corrected chi connectivity index (χ4v) is 5.15. The Morgan fingerprint density at radius 2 is 1.69 bits per heavy atom. The Labute approximate surface area is 174 Å². The summed E-state index contributed by atoms with van der Waals surface area (Å²) in [7, 11) is -1.99. The highest BCUT2D eigenvalue weighted by molar-refractivity contribution is 7.89. The number of nitrogens with zero attached hydrogens (tertiary/aromatic N) is 2. The molecule has 6 nitrogen and oxygen atoms in total. The van der Waals surface area contributed by atoms with Crippen LogP contribution in [0.25, 0.3) is 0 Å². The Bertz CT molecular complexity index is 936. The summed E-state index contributed by atoms with van der Waals surface area (Å²) in [5.74, 6) is 1.46. The fraction of sp³-hybridized carbons (Fsp3) is 0.455. The standard InChI is InChI=1S/C22H30N2O4S/c1-5-28-21-11-10-18(17(2)3)16-22(21)29(25,26)24-14-12-23(13-15-24)19-8-6-7-9-20(19)27-4/h6-11,16-17H,5,12-15H2,1-4H3. The summed E-state index contributed by atoms with van der Waals surface area (Å²) in [5, 5.41) is 0. The smallest absolute Gasteiger partial charge is 0.246 e. The molecule has 29 heavy (non-hydrogen) atoms. The Kier molecular flexibility index (Phi) is 6.70. The summed E-state index contributed by atoms with van der Waals surface area (Å²) >= 11 is 0. The predicted molar refractivity (Wildman–Crippen MR) is 116 cm³/mol.